The number of rotatable bonds is 7. The third kappa shape index (κ3) is 5.44. The number of piperidine rings is 1. The van der Waals surface area contributed by atoms with Crippen molar-refractivity contribution < 1.29 is 13.2 Å². The van der Waals surface area contributed by atoms with Crippen molar-refractivity contribution >= 4 is 21.6 Å². The van der Waals surface area contributed by atoms with Gasteiger partial charge in [-0.25, -0.2) is 8.42 Å². The molecular formula is C22H29N3O3S. The number of hydrogen-bond donors (Lipinski definition) is 2. The SMILES string of the molecule is Cc1ccc(NC(=O)CN[C@@H](C)c2ccccc2)cc1S(=O)(=O)N1CCCCC1. The third-order valence-corrected chi connectivity index (χ3v) is 7.31. The normalized spacial score (nSPS) is 16.3. The molecule has 0 unspecified atom stereocenters. The van der Waals surface area contributed by atoms with Gasteiger partial charge in [0.15, 0.2) is 0 Å². The van der Waals surface area contributed by atoms with Crippen LogP contribution in [0.15, 0.2) is 53.4 Å². The van der Waals surface area contributed by atoms with Crippen LogP contribution < -0.4 is 10.6 Å². The van der Waals surface area contributed by atoms with Gasteiger partial charge in [0.1, 0.15) is 0 Å². The number of carbonyl (C=O) groups excluding carboxylic acids is 1. The second-order valence-electron chi connectivity index (χ2n) is 7.51. The summed E-state index contributed by atoms with van der Waals surface area (Å²) in [5, 5.41) is 6.00. The third-order valence-electron chi connectivity index (χ3n) is 5.27. The lowest BCUT2D eigenvalue weighted by atomic mass is 10.1. The molecule has 2 N–H and O–H groups in total. The summed E-state index contributed by atoms with van der Waals surface area (Å²) in [7, 11) is -3.55. The van der Waals surface area contributed by atoms with E-state index in [1.54, 1.807) is 29.4 Å². The van der Waals surface area contributed by atoms with E-state index in [1.165, 1.54) is 0 Å². The lowest BCUT2D eigenvalue weighted by molar-refractivity contribution is -0.115. The Morgan fingerprint density at radius 1 is 1.07 bits per heavy atom. The van der Waals surface area contributed by atoms with Crippen molar-refractivity contribution in [3.8, 4) is 0 Å². The molecule has 29 heavy (non-hydrogen) atoms. The highest BCUT2D eigenvalue weighted by atomic mass is 32.2. The zero-order valence-electron chi connectivity index (χ0n) is 17.0. The van der Waals surface area contributed by atoms with Gasteiger partial charge < -0.3 is 10.6 Å². The number of aryl methyl sites for hydroxylation is 1. The number of hydrogen-bond acceptors (Lipinski definition) is 4. The minimum atomic E-state index is -3.55. The molecule has 1 atom stereocenters. The molecule has 7 heteroatoms. The Hall–Kier alpha value is -2.22. The minimum absolute atomic E-state index is 0.0370. The molecule has 2 aromatic carbocycles. The van der Waals surface area contributed by atoms with Crippen molar-refractivity contribution in [3.05, 3.63) is 59.7 Å². The average molecular weight is 416 g/mol. The van der Waals surface area contributed by atoms with Crippen LogP contribution in [0.2, 0.25) is 0 Å². The number of sulfonamides is 1. The summed E-state index contributed by atoms with van der Waals surface area (Å²) in [6.45, 7) is 5.03. The van der Waals surface area contributed by atoms with Crippen LogP contribution in [0.5, 0.6) is 0 Å². The molecule has 2 aromatic rings. The van der Waals surface area contributed by atoms with Gasteiger partial charge in [0.05, 0.1) is 11.4 Å². The highest BCUT2D eigenvalue weighted by molar-refractivity contribution is 7.89. The molecule has 0 spiro atoms. The maximum absolute atomic E-state index is 13.0. The maximum atomic E-state index is 13.0. The van der Waals surface area contributed by atoms with Crippen molar-refractivity contribution in [2.24, 2.45) is 0 Å². The van der Waals surface area contributed by atoms with Gasteiger partial charge >= 0.3 is 0 Å². The van der Waals surface area contributed by atoms with Gasteiger partial charge in [-0.2, -0.15) is 4.31 Å². The molecule has 1 fully saturated rings. The fraction of sp³-hybridized carbons (Fsp3) is 0.409. The number of amides is 1. The fourth-order valence-electron chi connectivity index (χ4n) is 3.51. The molecule has 1 amide bonds. The largest absolute Gasteiger partial charge is 0.325 e. The number of benzene rings is 2. The van der Waals surface area contributed by atoms with Crippen LogP contribution in [0.1, 0.15) is 43.4 Å². The van der Waals surface area contributed by atoms with E-state index in [9.17, 15) is 13.2 Å². The molecule has 0 aliphatic carbocycles. The van der Waals surface area contributed by atoms with Crippen LogP contribution in [-0.2, 0) is 14.8 Å². The quantitative estimate of drug-likeness (QED) is 0.726. The lowest BCUT2D eigenvalue weighted by Crippen LogP contribution is -2.36. The Morgan fingerprint density at radius 3 is 2.45 bits per heavy atom. The molecule has 0 saturated carbocycles. The molecule has 0 aromatic heterocycles. The summed E-state index contributed by atoms with van der Waals surface area (Å²) in [5.74, 6) is -0.210. The van der Waals surface area contributed by atoms with Gasteiger partial charge in [0.2, 0.25) is 15.9 Å². The highest BCUT2D eigenvalue weighted by Crippen LogP contribution is 2.26. The molecule has 0 radical (unpaired) electrons. The van der Waals surface area contributed by atoms with E-state index in [2.05, 4.69) is 10.6 Å². The first kappa shape index (κ1) is 21.5. The predicted octanol–water partition coefficient (Wildman–Crippen LogP) is 3.46. The molecule has 1 aliphatic heterocycles. The van der Waals surface area contributed by atoms with Gasteiger partial charge in [-0.3, -0.25) is 4.79 Å². The van der Waals surface area contributed by atoms with Gasteiger partial charge in [-0.15, -0.1) is 0 Å². The standard InChI is InChI=1S/C22H29N3O3S/c1-17-11-12-20(15-21(17)29(27,28)25-13-7-4-8-14-25)24-22(26)16-23-18(2)19-9-5-3-6-10-19/h3,5-6,9-12,15,18,23H,4,7-8,13-14,16H2,1-2H3,(H,24,26)/t18-/m0/s1. The van der Waals surface area contributed by atoms with Crippen molar-refractivity contribution in [1.82, 2.24) is 9.62 Å². The van der Waals surface area contributed by atoms with Crippen LogP contribution in [0, 0.1) is 6.92 Å². The number of carbonyl (C=O) groups is 1. The summed E-state index contributed by atoms with van der Waals surface area (Å²) in [6, 6.07) is 15.0. The predicted molar refractivity (Wildman–Crippen MR) is 115 cm³/mol. The van der Waals surface area contributed by atoms with E-state index >= 15 is 0 Å². The van der Waals surface area contributed by atoms with Crippen molar-refractivity contribution in [2.45, 2.75) is 44.0 Å². The summed E-state index contributed by atoms with van der Waals surface area (Å²) in [6.07, 6.45) is 2.84. The van der Waals surface area contributed by atoms with Crippen LogP contribution in [0.3, 0.4) is 0 Å². The van der Waals surface area contributed by atoms with Crippen molar-refractivity contribution in [1.29, 1.82) is 0 Å². The van der Waals surface area contributed by atoms with Gasteiger partial charge in [0, 0.05) is 24.8 Å². The van der Waals surface area contributed by atoms with E-state index in [0.29, 0.717) is 24.3 Å². The molecule has 6 nitrogen and oxygen atoms in total. The van der Waals surface area contributed by atoms with Crippen LogP contribution >= 0.6 is 0 Å². The molecule has 1 aliphatic rings. The zero-order chi connectivity index (χ0) is 20.9. The van der Waals surface area contributed by atoms with Crippen LogP contribution in [-0.4, -0.2) is 38.3 Å². The summed E-state index contributed by atoms with van der Waals surface area (Å²) in [5.41, 5.74) is 2.28. The maximum Gasteiger partial charge on any atom is 0.243 e. The van der Waals surface area contributed by atoms with Gasteiger partial charge in [-0.05, 0) is 49.9 Å². The minimum Gasteiger partial charge on any atom is -0.325 e. The van der Waals surface area contributed by atoms with Crippen LogP contribution in [0.4, 0.5) is 5.69 Å². The molecule has 0 bridgehead atoms. The van der Waals surface area contributed by atoms with Gasteiger partial charge in [-0.1, -0.05) is 42.8 Å². The van der Waals surface area contributed by atoms with E-state index in [4.69, 9.17) is 0 Å². The smallest absolute Gasteiger partial charge is 0.243 e. The van der Waals surface area contributed by atoms with E-state index in [-0.39, 0.29) is 23.4 Å². The van der Waals surface area contributed by atoms with Crippen molar-refractivity contribution in [2.75, 3.05) is 25.0 Å². The zero-order valence-corrected chi connectivity index (χ0v) is 17.8. The first-order valence-corrected chi connectivity index (χ1v) is 11.5. The molecular weight excluding hydrogens is 386 g/mol. The van der Waals surface area contributed by atoms with Crippen LogP contribution in [0.25, 0.3) is 0 Å². The van der Waals surface area contributed by atoms with Crippen molar-refractivity contribution in [3.63, 3.8) is 0 Å². The molecule has 156 valence electrons. The van der Waals surface area contributed by atoms with E-state index in [0.717, 1.165) is 24.8 Å². The topological polar surface area (TPSA) is 78.5 Å². The molecule has 1 saturated heterocycles. The number of anilines is 1. The fourth-order valence-corrected chi connectivity index (χ4v) is 5.28. The highest BCUT2D eigenvalue weighted by Gasteiger charge is 2.27. The summed E-state index contributed by atoms with van der Waals surface area (Å²) in [4.78, 5) is 12.6. The second kappa shape index (κ2) is 9.52. The monoisotopic (exact) mass is 415 g/mol. The first-order valence-electron chi connectivity index (χ1n) is 10.1. The Balaban J connectivity index is 1.65. The first-order chi connectivity index (χ1) is 13.9. The Morgan fingerprint density at radius 2 is 1.76 bits per heavy atom. The second-order valence-corrected chi connectivity index (χ2v) is 9.41. The lowest BCUT2D eigenvalue weighted by Gasteiger charge is -2.26. The Kier molecular flexibility index (Phi) is 7.05. The Labute approximate surface area is 173 Å². The van der Waals surface area contributed by atoms with E-state index in [1.807, 2.05) is 37.3 Å². The summed E-state index contributed by atoms with van der Waals surface area (Å²) >= 11 is 0. The van der Waals surface area contributed by atoms with E-state index < -0.39 is 10.0 Å². The average Bonchev–Trinajstić information content (AvgIpc) is 2.74. The Bertz CT molecular complexity index is 939. The molecule has 1 heterocycles. The number of nitrogens with zero attached hydrogens (tertiary/aromatic N) is 1. The van der Waals surface area contributed by atoms with Gasteiger partial charge in [0.25, 0.3) is 0 Å². The summed E-state index contributed by atoms with van der Waals surface area (Å²) < 4.78 is 27.6. The molecule has 3 rings (SSSR count). The number of nitrogens with one attached hydrogen (secondary N) is 2.